The molecule has 3 aromatic rings. The van der Waals surface area contributed by atoms with Gasteiger partial charge in [-0.15, -0.1) is 0 Å². The minimum atomic E-state index is -4.73. The van der Waals surface area contributed by atoms with E-state index in [0.717, 1.165) is 31.0 Å². The number of fused-ring (bicyclic) bond motifs is 1. The molecule has 152 valence electrons. The molecular weight excluding hydrogens is 392 g/mol. The van der Waals surface area contributed by atoms with Crippen LogP contribution in [0.5, 0.6) is 0 Å². The lowest BCUT2D eigenvalue weighted by Crippen LogP contribution is -2.32. The van der Waals surface area contributed by atoms with Gasteiger partial charge in [0.15, 0.2) is 17.0 Å². The van der Waals surface area contributed by atoms with Crippen LogP contribution in [0.25, 0.3) is 16.9 Å². The molecule has 0 aliphatic carbocycles. The summed E-state index contributed by atoms with van der Waals surface area (Å²) in [6, 6.07) is 6.94. The Kier molecular flexibility index (Phi) is 4.95. The third-order valence-electron chi connectivity index (χ3n) is 4.60. The van der Waals surface area contributed by atoms with E-state index < -0.39 is 23.6 Å². The van der Waals surface area contributed by atoms with Crippen LogP contribution in [0, 0.1) is 5.82 Å². The van der Waals surface area contributed by atoms with Crippen molar-refractivity contribution in [2.75, 3.05) is 13.2 Å². The van der Waals surface area contributed by atoms with E-state index in [-0.39, 0.29) is 29.7 Å². The van der Waals surface area contributed by atoms with E-state index in [9.17, 15) is 22.4 Å². The number of hydrogen-bond acceptors (Lipinski definition) is 4. The SMILES string of the molecule is O=C(NC[C@H]1CCCO1)c1cc2nc(-c3ccc(F)cc3)cc(C(F)(F)F)n2n1. The molecule has 2 aromatic heterocycles. The predicted molar refractivity (Wildman–Crippen MR) is 94.7 cm³/mol. The zero-order valence-electron chi connectivity index (χ0n) is 15.0. The van der Waals surface area contributed by atoms with Gasteiger partial charge in [-0.3, -0.25) is 4.79 Å². The molecule has 0 radical (unpaired) electrons. The second-order valence-electron chi connectivity index (χ2n) is 6.68. The number of nitrogens with zero attached hydrogens (tertiary/aromatic N) is 3. The van der Waals surface area contributed by atoms with Gasteiger partial charge in [-0.05, 0) is 43.2 Å². The van der Waals surface area contributed by atoms with E-state index in [4.69, 9.17) is 4.74 Å². The molecule has 3 heterocycles. The number of nitrogens with one attached hydrogen (secondary N) is 1. The van der Waals surface area contributed by atoms with Crippen molar-refractivity contribution in [3.05, 3.63) is 53.6 Å². The number of amides is 1. The molecule has 1 aliphatic rings. The maximum Gasteiger partial charge on any atom is 0.433 e. The van der Waals surface area contributed by atoms with Gasteiger partial charge < -0.3 is 10.1 Å². The summed E-state index contributed by atoms with van der Waals surface area (Å²) < 4.78 is 59.9. The van der Waals surface area contributed by atoms with E-state index in [0.29, 0.717) is 16.7 Å². The van der Waals surface area contributed by atoms with E-state index in [2.05, 4.69) is 15.4 Å². The van der Waals surface area contributed by atoms with E-state index in [1.165, 1.54) is 18.2 Å². The molecule has 29 heavy (non-hydrogen) atoms. The van der Waals surface area contributed by atoms with Crippen molar-refractivity contribution in [3.8, 4) is 11.3 Å². The fourth-order valence-corrected chi connectivity index (χ4v) is 3.16. The summed E-state index contributed by atoms with van der Waals surface area (Å²) in [5.74, 6) is -1.12. The molecule has 0 bridgehead atoms. The number of carbonyl (C=O) groups is 1. The fourth-order valence-electron chi connectivity index (χ4n) is 3.16. The summed E-state index contributed by atoms with van der Waals surface area (Å²) in [4.78, 5) is 16.5. The Bertz CT molecular complexity index is 1040. The highest BCUT2D eigenvalue weighted by atomic mass is 19.4. The minimum absolute atomic E-state index is 0.00367. The van der Waals surface area contributed by atoms with Crippen LogP contribution in [0.1, 0.15) is 29.0 Å². The van der Waals surface area contributed by atoms with Gasteiger partial charge in [-0.1, -0.05) is 0 Å². The Morgan fingerprint density at radius 1 is 1.24 bits per heavy atom. The van der Waals surface area contributed by atoms with Gasteiger partial charge in [0.2, 0.25) is 0 Å². The Labute approximate surface area is 162 Å². The predicted octanol–water partition coefficient (Wildman–Crippen LogP) is 3.46. The van der Waals surface area contributed by atoms with Crippen molar-refractivity contribution < 1.29 is 27.1 Å². The Morgan fingerprint density at radius 2 is 2.00 bits per heavy atom. The molecule has 1 atom stereocenters. The maximum atomic E-state index is 13.6. The third kappa shape index (κ3) is 4.07. The van der Waals surface area contributed by atoms with Crippen LogP contribution in [0.2, 0.25) is 0 Å². The van der Waals surface area contributed by atoms with Gasteiger partial charge in [0.25, 0.3) is 5.91 Å². The number of halogens is 4. The van der Waals surface area contributed by atoms with Gasteiger partial charge >= 0.3 is 6.18 Å². The summed E-state index contributed by atoms with van der Waals surface area (Å²) in [5, 5.41) is 6.42. The van der Waals surface area contributed by atoms with Crippen molar-refractivity contribution in [3.63, 3.8) is 0 Å². The minimum Gasteiger partial charge on any atom is -0.376 e. The second-order valence-corrected chi connectivity index (χ2v) is 6.68. The molecule has 1 saturated heterocycles. The number of benzene rings is 1. The van der Waals surface area contributed by atoms with Gasteiger partial charge in [-0.2, -0.15) is 18.3 Å². The van der Waals surface area contributed by atoms with Gasteiger partial charge in [0, 0.05) is 24.8 Å². The molecule has 1 fully saturated rings. The highest BCUT2D eigenvalue weighted by Crippen LogP contribution is 2.32. The first-order chi connectivity index (χ1) is 13.8. The monoisotopic (exact) mass is 408 g/mol. The number of carbonyl (C=O) groups excluding carboxylic acids is 1. The van der Waals surface area contributed by atoms with E-state index in [1.54, 1.807) is 0 Å². The Balaban J connectivity index is 1.70. The second kappa shape index (κ2) is 7.43. The molecule has 0 spiro atoms. The van der Waals surface area contributed by atoms with Crippen molar-refractivity contribution in [1.29, 1.82) is 0 Å². The summed E-state index contributed by atoms with van der Waals surface area (Å²) in [6.07, 6.45) is -3.12. The van der Waals surface area contributed by atoms with Crippen LogP contribution >= 0.6 is 0 Å². The number of hydrogen-bond donors (Lipinski definition) is 1. The number of alkyl halides is 3. The molecule has 1 aromatic carbocycles. The first-order valence-electron chi connectivity index (χ1n) is 8.95. The van der Waals surface area contributed by atoms with Crippen molar-refractivity contribution in [1.82, 2.24) is 19.9 Å². The molecule has 1 amide bonds. The van der Waals surface area contributed by atoms with Crippen LogP contribution in [0.15, 0.2) is 36.4 Å². The number of ether oxygens (including phenoxy) is 1. The summed E-state index contributed by atoms with van der Waals surface area (Å²) in [7, 11) is 0. The van der Waals surface area contributed by atoms with Crippen LogP contribution in [0.4, 0.5) is 17.6 Å². The first kappa shape index (κ1) is 19.3. The molecule has 0 saturated carbocycles. The highest BCUT2D eigenvalue weighted by molar-refractivity contribution is 5.93. The first-order valence-corrected chi connectivity index (χ1v) is 8.95. The van der Waals surface area contributed by atoms with Crippen LogP contribution in [-0.2, 0) is 10.9 Å². The van der Waals surface area contributed by atoms with Crippen molar-refractivity contribution >= 4 is 11.6 Å². The smallest absolute Gasteiger partial charge is 0.376 e. The maximum absolute atomic E-state index is 13.6. The lowest BCUT2D eigenvalue weighted by atomic mass is 10.1. The molecule has 0 unspecified atom stereocenters. The van der Waals surface area contributed by atoms with E-state index in [1.807, 2.05) is 0 Å². The molecular formula is C19H16F4N4O2. The van der Waals surface area contributed by atoms with Crippen molar-refractivity contribution in [2.24, 2.45) is 0 Å². The standard InChI is InChI=1S/C19H16F4N4O2/c20-12-5-3-11(4-6-12)14-8-16(19(21,22)23)27-17(25-14)9-15(26-27)18(28)24-10-13-2-1-7-29-13/h3-6,8-9,13H,1-2,7,10H2,(H,24,28)/t13-/m1/s1. The Morgan fingerprint density at radius 3 is 2.66 bits per heavy atom. The van der Waals surface area contributed by atoms with Crippen LogP contribution in [0.3, 0.4) is 0 Å². The lowest BCUT2D eigenvalue weighted by Gasteiger charge is -2.11. The van der Waals surface area contributed by atoms with Gasteiger partial charge in [0.1, 0.15) is 5.82 Å². The number of aromatic nitrogens is 3. The summed E-state index contributed by atoms with van der Waals surface area (Å²) >= 11 is 0. The number of rotatable bonds is 4. The largest absolute Gasteiger partial charge is 0.433 e. The normalized spacial score (nSPS) is 17.0. The van der Waals surface area contributed by atoms with Gasteiger partial charge in [-0.25, -0.2) is 13.9 Å². The fraction of sp³-hybridized carbons (Fsp3) is 0.316. The van der Waals surface area contributed by atoms with Crippen molar-refractivity contribution in [2.45, 2.75) is 25.1 Å². The zero-order valence-corrected chi connectivity index (χ0v) is 15.0. The summed E-state index contributed by atoms with van der Waals surface area (Å²) in [5.41, 5.74) is -1.10. The quantitative estimate of drug-likeness (QED) is 0.672. The highest BCUT2D eigenvalue weighted by Gasteiger charge is 2.35. The average Bonchev–Trinajstić information content (AvgIpc) is 3.34. The lowest BCUT2D eigenvalue weighted by molar-refractivity contribution is -0.142. The summed E-state index contributed by atoms with van der Waals surface area (Å²) in [6.45, 7) is 0.882. The molecule has 1 aliphatic heterocycles. The Hall–Kier alpha value is -3.01. The average molecular weight is 408 g/mol. The molecule has 1 N–H and O–H groups in total. The van der Waals surface area contributed by atoms with E-state index >= 15 is 0 Å². The van der Waals surface area contributed by atoms with Gasteiger partial charge in [0.05, 0.1) is 11.8 Å². The molecule has 10 heteroatoms. The third-order valence-corrected chi connectivity index (χ3v) is 4.60. The van der Waals surface area contributed by atoms with Crippen LogP contribution < -0.4 is 5.32 Å². The molecule has 4 rings (SSSR count). The van der Waals surface area contributed by atoms with Crippen LogP contribution in [-0.4, -0.2) is 39.8 Å². The topological polar surface area (TPSA) is 68.5 Å². The zero-order chi connectivity index (χ0) is 20.6. The molecule has 6 nitrogen and oxygen atoms in total.